The molecule has 8 heteroatoms. The van der Waals surface area contributed by atoms with Gasteiger partial charge in [0.1, 0.15) is 5.52 Å². The summed E-state index contributed by atoms with van der Waals surface area (Å²) in [4.78, 5) is 7.21. The summed E-state index contributed by atoms with van der Waals surface area (Å²) in [6.07, 6.45) is 8.98. The number of aromatic nitrogens is 1. The molecule has 0 amide bonds. The fourth-order valence-corrected chi connectivity index (χ4v) is 6.53. The molecule has 2 heterocycles. The van der Waals surface area contributed by atoms with E-state index in [0.29, 0.717) is 40.8 Å². The minimum absolute atomic E-state index is 0.300. The third-order valence-corrected chi connectivity index (χ3v) is 8.64. The summed E-state index contributed by atoms with van der Waals surface area (Å²) in [6.45, 7) is 12.7. The molecule has 1 unspecified atom stereocenters. The van der Waals surface area contributed by atoms with Crippen LogP contribution in [0.3, 0.4) is 0 Å². The Balaban J connectivity index is 1.22. The number of fused-ring (bicyclic) bond motifs is 2. The van der Waals surface area contributed by atoms with Gasteiger partial charge in [0.05, 0.1) is 11.9 Å². The third-order valence-electron chi connectivity index (χ3n) is 8.04. The van der Waals surface area contributed by atoms with E-state index >= 15 is 0 Å². The van der Waals surface area contributed by atoms with Gasteiger partial charge in [-0.25, -0.2) is 8.42 Å². The highest BCUT2D eigenvalue weighted by Crippen LogP contribution is 2.40. The lowest BCUT2D eigenvalue weighted by Crippen LogP contribution is -2.34. The summed E-state index contributed by atoms with van der Waals surface area (Å²) in [5.74, 6) is 0.535. The molecule has 5 rings (SSSR count). The topological polar surface area (TPSA) is 87.5 Å². The summed E-state index contributed by atoms with van der Waals surface area (Å²) in [6, 6.07) is 15.0. The van der Waals surface area contributed by atoms with Crippen LogP contribution in [0.4, 0.5) is 11.7 Å². The van der Waals surface area contributed by atoms with Gasteiger partial charge in [-0.1, -0.05) is 48.6 Å². The molecule has 1 saturated carbocycles. The zero-order chi connectivity index (χ0) is 27.7. The molecule has 7 nitrogen and oxygen atoms in total. The Kier molecular flexibility index (Phi) is 7.69. The second-order valence-corrected chi connectivity index (χ2v) is 12.7. The van der Waals surface area contributed by atoms with Crippen molar-refractivity contribution in [3.63, 3.8) is 0 Å². The number of rotatable bonds is 9. The van der Waals surface area contributed by atoms with Gasteiger partial charge in [0.2, 0.25) is 10.0 Å². The number of hydrogen-bond acceptors (Lipinski definition) is 6. The first-order valence-corrected chi connectivity index (χ1v) is 15.5. The summed E-state index contributed by atoms with van der Waals surface area (Å²) in [5.41, 5.74) is 7.72. The number of aryl methyl sites for hydroxylation is 1. The van der Waals surface area contributed by atoms with Crippen LogP contribution in [0, 0.1) is 12.8 Å². The molecule has 39 heavy (non-hydrogen) atoms. The molecular formula is C31H38N4O3S. The highest BCUT2D eigenvalue weighted by molar-refractivity contribution is 7.92. The van der Waals surface area contributed by atoms with Crippen LogP contribution in [0.15, 0.2) is 76.8 Å². The van der Waals surface area contributed by atoms with Crippen LogP contribution in [0.2, 0.25) is 0 Å². The molecule has 2 N–H and O–H groups in total. The normalized spacial score (nSPS) is 22.3. The van der Waals surface area contributed by atoms with Gasteiger partial charge in [-0.3, -0.25) is 9.62 Å². The molecule has 0 bridgehead atoms. The number of allylic oxidation sites excluding steroid dienone is 3. The highest BCUT2D eigenvalue weighted by atomic mass is 32.2. The van der Waals surface area contributed by atoms with Crippen molar-refractivity contribution in [3.8, 4) is 0 Å². The molecule has 1 saturated heterocycles. The van der Waals surface area contributed by atoms with Gasteiger partial charge in [-0.15, -0.1) is 0 Å². The Morgan fingerprint density at radius 1 is 1.18 bits per heavy atom. The number of benzene rings is 2. The molecule has 0 spiro atoms. The average molecular weight is 547 g/mol. The van der Waals surface area contributed by atoms with Crippen molar-refractivity contribution >= 4 is 38.4 Å². The second-order valence-electron chi connectivity index (χ2n) is 10.9. The highest BCUT2D eigenvalue weighted by Gasteiger charge is 2.44. The predicted octanol–water partition coefficient (Wildman–Crippen LogP) is 6.38. The maximum atomic E-state index is 11.6. The number of oxazole rings is 1. The Hall–Kier alpha value is -3.36. The maximum absolute atomic E-state index is 11.6. The van der Waals surface area contributed by atoms with Crippen LogP contribution in [0.1, 0.15) is 44.2 Å². The zero-order valence-corrected chi connectivity index (χ0v) is 24.0. The van der Waals surface area contributed by atoms with Crippen LogP contribution in [0.25, 0.3) is 16.7 Å². The largest absolute Gasteiger partial charge is 0.424 e. The van der Waals surface area contributed by atoms with Gasteiger partial charge in [-0.2, -0.15) is 4.98 Å². The van der Waals surface area contributed by atoms with Gasteiger partial charge in [0.25, 0.3) is 6.01 Å². The van der Waals surface area contributed by atoms with Gasteiger partial charge in [-0.05, 0) is 93.0 Å². The monoisotopic (exact) mass is 546 g/mol. The van der Waals surface area contributed by atoms with Gasteiger partial charge < -0.3 is 9.73 Å². The molecule has 1 aliphatic carbocycles. The first-order chi connectivity index (χ1) is 18.6. The molecule has 0 radical (unpaired) electrons. The van der Waals surface area contributed by atoms with E-state index in [0.717, 1.165) is 49.7 Å². The number of likely N-dealkylation sites (tertiary alicyclic amines) is 1. The smallest absolute Gasteiger partial charge is 0.295 e. The summed E-state index contributed by atoms with van der Waals surface area (Å²) < 4.78 is 31.6. The second kappa shape index (κ2) is 11.0. The van der Waals surface area contributed by atoms with Gasteiger partial charge in [0, 0.05) is 18.6 Å². The lowest BCUT2D eigenvalue weighted by Gasteiger charge is -2.25. The molecule has 2 fully saturated rings. The van der Waals surface area contributed by atoms with E-state index in [4.69, 9.17) is 4.42 Å². The van der Waals surface area contributed by atoms with Crippen molar-refractivity contribution in [3.05, 3.63) is 83.5 Å². The summed E-state index contributed by atoms with van der Waals surface area (Å²) in [7, 11) is -3.35. The van der Waals surface area contributed by atoms with E-state index < -0.39 is 10.0 Å². The number of sulfonamides is 1. The minimum Gasteiger partial charge on any atom is -0.424 e. The van der Waals surface area contributed by atoms with E-state index in [1.54, 1.807) is 18.2 Å². The Labute approximate surface area is 231 Å². The molecule has 1 aromatic heterocycles. The van der Waals surface area contributed by atoms with Crippen molar-refractivity contribution in [2.24, 2.45) is 5.92 Å². The molecular weight excluding hydrogens is 508 g/mol. The van der Waals surface area contributed by atoms with Crippen molar-refractivity contribution in [2.75, 3.05) is 29.4 Å². The first-order valence-electron chi connectivity index (χ1n) is 13.6. The average Bonchev–Trinajstić information content (AvgIpc) is 3.59. The molecule has 1 aliphatic heterocycles. The van der Waals surface area contributed by atoms with Gasteiger partial charge in [0.15, 0.2) is 5.58 Å². The van der Waals surface area contributed by atoms with E-state index in [1.165, 1.54) is 16.7 Å². The van der Waals surface area contributed by atoms with E-state index in [2.05, 4.69) is 83.7 Å². The molecule has 3 aromatic rings. The van der Waals surface area contributed by atoms with Crippen molar-refractivity contribution in [2.45, 2.75) is 52.1 Å². The number of anilines is 2. The van der Waals surface area contributed by atoms with Crippen molar-refractivity contribution in [1.82, 2.24) is 9.88 Å². The standard InChI is InChI=1S/C31H38N4O3S/c1-6-23(17-21(3)22(4)24-9-7-20(2)8-10-24)19-35-16-15-26-27(12-13-29(26)35)32-31-33-28-18-25(34-39(5,36)37)11-14-30(28)38-31/h6-11,14,17-18,26-27,29,34H,4,12-13,15-16,19H2,1-3,5H3,(H,32,33)/b21-17-,23-6+/t26-,27?,29+/m0/s1. The summed E-state index contributed by atoms with van der Waals surface area (Å²) in [5, 5.41) is 3.55. The maximum Gasteiger partial charge on any atom is 0.295 e. The number of hydrogen-bond donors (Lipinski definition) is 2. The number of nitrogens with zero attached hydrogens (tertiary/aromatic N) is 2. The molecule has 3 atom stereocenters. The first kappa shape index (κ1) is 27.2. The minimum atomic E-state index is -3.35. The lowest BCUT2D eigenvalue weighted by molar-refractivity contribution is 0.261. The third kappa shape index (κ3) is 6.28. The van der Waals surface area contributed by atoms with Crippen LogP contribution in [0.5, 0.6) is 0 Å². The molecule has 2 aliphatic rings. The lowest BCUT2D eigenvalue weighted by atomic mass is 9.97. The Morgan fingerprint density at radius 3 is 2.67 bits per heavy atom. The summed E-state index contributed by atoms with van der Waals surface area (Å²) >= 11 is 0. The SMILES string of the molecule is C=C(/C(C)=C\C(=C/C)CN1CC[C@H]2C(Nc3nc4cc(NS(C)(=O)=O)ccc4o3)CC[C@H]21)c1ccc(C)cc1. The molecule has 2 aromatic carbocycles. The Bertz CT molecular complexity index is 1540. The van der Waals surface area contributed by atoms with Crippen LogP contribution in [-0.4, -0.2) is 49.7 Å². The van der Waals surface area contributed by atoms with Crippen LogP contribution in [-0.2, 0) is 10.0 Å². The fourth-order valence-electron chi connectivity index (χ4n) is 5.98. The van der Waals surface area contributed by atoms with E-state index in [9.17, 15) is 8.42 Å². The quantitative estimate of drug-likeness (QED) is 0.303. The van der Waals surface area contributed by atoms with Crippen molar-refractivity contribution < 1.29 is 12.8 Å². The van der Waals surface area contributed by atoms with E-state index in [1.807, 2.05) is 0 Å². The van der Waals surface area contributed by atoms with Crippen LogP contribution < -0.4 is 10.0 Å². The zero-order valence-electron chi connectivity index (χ0n) is 23.2. The predicted molar refractivity (Wildman–Crippen MR) is 160 cm³/mol. The Morgan fingerprint density at radius 2 is 1.95 bits per heavy atom. The van der Waals surface area contributed by atoms with Crippen molar-refractivity contribution in [1.29, 1.82) is 0 Å². The van der Waals surface area contributed by atoms with E-state index in [-0.39, 0.29) is 0 Å². The van der Waals surface area contributed by atoms with Crippen LogP contribution >= 0.6 is 0 Å². The number of nitrogens with one attached hydrogen (secondary N) is 2. The van der Waals surface area contributed by atoms with Gasteiger partial charge >= 0.3 is 0 Å². The fraction of sp³-hybridized carbons (Fsp3) is 0.387. The molecule has 206 valence electrons.